The summed E-state index contributed by atoms with van der Waals surface area (Å²) in [6.07, 6.45) is 0. The van der Waals surface area contributed by atoms with Crippen LogP contribution in [0.1, 0.15) is 25.0 Å². The molecule has 0 heterocycles. The highest BCUT2D eigenvalue weighted by Crippen LogP contribution is 2.31. The highest BCUT2D eigenvalue weighted by atomic mass is 35.5. The average Bonchev–Trinajstić information content (AvgIpc) is 2.68. The molecule has 0 saturated heterocycles. The molecule has 0 atom stereocenters. The van der Waals surface area contributed by atoms with Crippen molar-refractivity contribution >= 4 is 36.4 Å². The maximum absolute atomic E-state index is 6.09. The van der Waals surface area contributed by atoms with E-state index >= 15 is 0 Å². The molecule has 2 aromatic rings. The number of methoxy groups -OCH3 is 1. The van der Waals surface area contributed by atoms with Crippen LogP contribution in [0.4, 0.5) is 0 Å². The van der Waals surface area contributed by atoms with Gasteiger partial charge in [-0.1, -0.05) is 49.7 Å². The predicted octanol–water partition coefficient (Wildman–Crippen LogP) is 5.20. The fourth-order valence-electron chi connectivity index (χ4n) is 2.76. The molecule has 0 amide bonds. The minimum absolute atomic E-state index is 0. The summed E-state index contributed by atoms with van der Waals surface area (Å²) in [5.41, 5.74) is 2.17. The Kier molecular flexibility index (Phi) is 14.2. The summed E-state index contributed by atoms with van der Waals surface area (Å²) in [6, 6.07) is 13.7. The molecule has 4 nitrogen and oxygen atoms in total. The van der Waals surface area contributed by atoms with E-state index in [9.17, 15) is 0 Å². The molecular formula is C21H31Cl3N2O2. The summed E-state index contributed by atoms with van der Waals surface area (Å²) in [4.78, 5) is 2.40. The number of halogens is 3. The predicted molar refractivity (Wildman–Crippen MR) is 123 cm³/mol. The molecule has 0 aliphatic heterocycles. The van der Waals surface area contributed by atoms with Crippen molar-refractivity contribution in [2.45, 2.75) is 27.0 Å². The molecule has 1 N–H and O–H groups in total. The topological polar surface area (TPSA) is 33.7 Å². The second-order valence-corrected chi connectivity index (χ2v) is 6.50. The van der Waals surface area contributed by atoms with Crippen molar-refractivity contribution in [1.82, 2.24) is 10.2 Å². The number of benzene rings is 2. The second-order valence-electron chi connectivity index (χ2n) is 6.07. The van der Waals surface area contributed by atoms with Crippen molar-refractivity contribution in [2.24, 2.45) is 0 Å². The number of para-hydroxylation sites is 1. The van der Waals surface area contributed by atoms with E-state index in [1.54, 1.807) is 7.11 Å². The smallest absolute Gasteiger partial charge is 0.166 e. The summed E-state index contributed by atoms with van der Waals surface area (Å²) in [6.45, 7) is 9.73. The maximum Gasteiger partial charge on any atom is 0.166 e. The van der Waals surface area contributed by atoms with Gasteiger partial charge in [0.2, 0.25) is 0 Å². The van der Waals surface area contributed by atoms with Gasteiger partial charge in [0.1, 0.15) is 6.61 Å². The average molecular weight is 450 g/mol. The van der Waals surface area contributed by atoms with Gasteiger partial charge in [-0.2, -0.15) is 0 Å². The zero-order valence-corrected chi connectivity index (χ0v) is 19.1. The number of nitrogens with one attached hydrogen (secondary N) is 1. The monoisotopic (exact) mass is 448 g/mol. The summed E-state index contributed by atoms with van der Waals surface area (Å²) in [5.74, 6) is 1.54. The van der Waals surface area contributed by atoms with Crippen LogP contribution in [0, 0.1) is 0 Å². The Morgan fingerprint density at radius 2 is 1.68 bits per heavy atom. The van der Waals surface area contributed by atoms with E-state index in [0.29, 0.717) is 6.61 Å². The Hall–Kier alpha value is -1.17. The number of hydrogen-bond donors (Lipinski definition) is 1. The van der Waals surface area contributed by atoms with Crippen LogP contribution in [-0.4, -0.2) is 38.2 Å². The standard InChI is InChI=1S/C21H29ClN2O2.2ClH/c1-4-24(5-2)14-13-23-15-18-7-6-8-20(25-3)21(18)26-16-17-9-11-19(22)12-10-17;;/h6-12,23H,4-5,13-16H2,1-3H3;2*1H. The van der Waals surface area contributed by atoms with Gasteiger partial charge in [0, 0.05) is 30.2 Å². The molecule has 0 fully saturated rings. The minimum Gasteiger partial charge on any atom is -0.493 e. The zero-order chi connectivity index (χ0) is 18.8. The van der Waals surface area contributed by atoms with Crippen molar-refractivity contribution in [1.29, 1.82) is 0 Å². The van der Waals surface area contributed by atoms with E-state index in [1.165, 1.54) is 0 Å². The molecule has 2 aromatic carbocycles. The molecule has 7 heteroatoms. The van der Waals surface area contributed by atoms with Gasteiger partial charge in [0.15, 0.2) is 11.5 Å². The van der Waals surface area contributed by atoms with Crippen LogP contribution in [0.25, 0.3) is 0 Å². The first-order chi connectivity index (χ1) is 12.7. The molecule has 0 aliphatic rings. The highest BCUT2D eigenvalue weighted by Gasteiger charge is 2.11. The van der Waals surface area contributed by atoms with Crippen LogP contribution >= 0.6 is 36.4 Å². The molecule has 0 aliphatic carbocycles. The van der Waals surface area contributed by atoms with E-state index in [2.05, 4.69) is 30.1 Å². The van der Waals surface area contributed by atoms with Crippen molar-refractivity contribution in [3.05, 3.63) is 58.6 Å². The highest BCUT2D eigenvalue weighted by molar-refractivity contribution is 6.30. The Morgan fingerprint density at radius 1 is 1.00 bits per heavy atom. The molecule has 28 heavy (non-hydrogen) atoms. The zero-order valence-electron chi connectivity index (χ0n) is 16.7. The molecule has 0 aromatic heterocycles. The molecule has 158 valence electrons. The molecule has 0 saturated carbocycles. The van der Waals surface area contributed by atoms with E-state index in [0.717, 1.165) is 60.4 Å². The lowest BCUT2D eigenvalue weighted by Gasteiger charge is -2.19. The Labute approximate surface area is 186 Å². The van der Waals surface area contributed by atoms with E-state index < -0.39 is 0 Å². The van der Waals surface area contributed by atoms with Crippen molar-refractivity contribution in [3.63, 3.8) is 0 Å². The number of hydrogen-bond acceptors (Lipinski definition) is 4. The molecule has 2 rings (SSSR count). The van der Waals surface area contributed by atoms with E-state index in [1.807, 2.05) is 36.4 Å². The van der Waals surface area contributed by atoms with Gasteiger partial charge in [-0.05, 0) is 36.9 Å². The third-order valence-corrected chi connectivity index (χ3v) is 4.64. The molecule has 0 spiro atoms. The van der Waals surface area contributed by atoms with Crippen LogP contribution < -0.4 is 14.8 Å². The van der Waals surface area contributed by atoms with Gasteiger partial charge in [-0.25, -0.2) is 0 Å². The summed E-state index contributed by atoms with van der Waals surface area (Å²) in [7, 11) is 1.67. The van der Waals surface area contributed by atoms with E-state index in [-0.39, 0.29) is 24.8 Å². The Bertz CT molecular complexity index is 665. The lowest BCUT2D eigenvalue weighted by Crippen LogP contribution is -2.31. The molecule has 0 radical (unpaired) electrons. The molecular weight excluding hydrogens is 419 g/mol. The first-order valence-electron chi connectivity index (χ1n) is 9.14. The van der Waals surface area contributed by atoms with Crippen LogP contribution in [-0.2, 0) is 13.2 Å². The molecule has 0 bridgehead atoms. The first kappa shape index (κ1) is 26.8. The first-order valence-corrected chi connectivity index (χ1v) is 9.51. The largest absolute Gasteiger partial charge is 0.493 e. The van der Waals surface area contributed by atoms with Gasteiger partial charge in [-0.3, -0.25) is 0 Å². The fraction of sp³-hybridized carbons (Fsp3) is 0.429. The van der Waals surface area contributed by atoms with Crippen molar-refractivity contribution in [2.75, 3.05) is 33.3 Å². The fourth-order valence-corrected chi connectivity index (χ4v) is 2.89. The number of nitrogens with zero attached hydrogens (tertiary/aromatic N) is 1. The third kappa shape index (κ3) is 8.46. The Morgan fingerprint density at radius 3 is 2.29 bits per heavy atom. The number of ether oxygens (including phenoxy) is 2. The lowest BCUT2D eigenvalue weighted by molar-refractivity contribution is 0.279. The minimum atomic E-state index is 0. The van der Waals surface area contributed by atoms with Crippen LogP contribution in [0.5, 0.6) is 11.5 Å². The van der Waals surface area contributed by atoms with Gasteiger partial charge >= 0.3 is 0 Å². The summed E-state index contributed by atoms with van der Waals surface area (Å²) < 4.78 is 11.6. The summed E-state index contributed by atoms with van der Waals surface area (Å²) in [5, 5.41) is 4.23. The Balaban J connectivity index is 0.00000364. The van der Waals surface area contributed by atoms with Gasteiger partial charge in [0.25, 0.3) is 0 Å². The quantitative estimate of drug-likeness (QED) is 0.478. The lowest BCUT2D eigenvalue weighted by atomic mass is 10.1. The number of rotatable bonds is 11. The second kappa shape index (κ2) is 14.8. The van der Waals surface area contributed by atoms with Gasteiger partial charge in [-0.15, -0.1) is 24.8 Å². The van der Waals surface area contributed by atoms with Crippen molar-refractivity contribution in [3.8, 4) is 11.5 Å². The van der Waals surface area contributed by atoms with Crippen LogP contribution in [0.2, 0.25) is 5.02 Å². The van der Waals surface area contributed by atoms with Gasteiger partial charge in [0.05, 0.1) is 7.11 Å². The normalized spacial score (nSPS) is 10.2. The maximum atomic E-state index is 6.09. The SMILES string of the molecule is CCN(CC)CCNCc1cccc(OC)c1OCc1ccc(Cl)cc1.Cl.Cl. The van der Waals surface area contributed by atoms with Crippen molar-refractivity contribution < 1.29 is 9.47 Å². The van der Waals surface area contributed by atoms with E-state index in [4.69, 9.17) is 21.1 Å². The van der Waals surface area contributed by atoms with Gasteiger partial charge < -0.3 is 19.7 Å². The summed E-state index contributed by atoms with van der Waals surface area (Å²) >= 11 is 5.94. The van der Waals surface area contributed by atoms with Crippen LogP contribution in [0.15, 0.2) is 42.5 Å². The number of likely N-dealkylation sites (N-methyl/N-ethyl adjacent to an activating group) is 1. The molecule has 0 unspecified atom stereocenters. The third-order valence-electron chi connectivity index (χ3n) is 4.39. The van der Waals surface area contributed by atoms with Crippen LogP contribution in [0.3, 0.4) is 0 Å².